The van der Waals surface area contributed by atoms with Crippen LogP contribution in [-0.4, -0.2) is 20.5 Å². The molecule has 0 amide bonds. The fourth-order valence-electron chi connectivity index (χ4n) is 1.98. The lowest BCUT2D eigenvalue weighted by atomic mass is 10.1. The van der Waals surface area contributed by atoms with E-state index in [4.69, 9.17) is 0 Å². The number of H-pyrrole nitrogens is 1. The van der Waals surface area contributed by atoms with Crippen LogP contribution in [0.25, 0.3) is 0 Å². The minimum absolute atomic E-state index is 0.0270. The van der Waals surface area contributed by atoms with Crippen molar-refractivity contribution in [3.8, 4) is 0 Å². The Kier molecular flexibility index (Phi) is 4.87. The molecule has 5 heteroatoms. The van der Waals surface area contributed by atoms with Crippen LogP contribution in [0.3, 0.4) is 0 Å². The third-order valence-corrected chi connectivity index (χ3v) is 3.17. The Hall–Kier alpha value is -2.17. The van der Waals surface area contributed by atoms with Crippen molar-refractivity contribution < 1.29 is 0 Å². The van der Waals surface area contributed by atoms with Gasteiger partial charge in [0.25, 0.3) is 5.56 Å². The summed E-state index contributed by atoms with van der Waals surface area (Å²) >= 11 is 0. The molecule has 0 saturated heterocycles. The number of unbranched alkanes of at least 4 members (excludes halogenated alkanes) is 1. The summed E-state index contributed by atoms with van der Waals surface area (Å²) in [4.78, 5) is 20.9. The molecule has 2 aromatic rings. The van der Waals surface area contributed by atoms with Crippen LogP contribution in [0.5, 0.6) is 0 Å². The van der Waals surface area contributed by atoms with Crippen molar-refractivity contribution in [2.24, 2.45) is 12.0 Å². The van der Waals surface area contributed by atoms with E-state index in [1.54, 1.807) is 19.4 Å². The summed E-state index contributed by atoms with van der Waals surface area (Å²) in [6.45, 7) is 2.64. The van der Waals surface area contributed by atoms with E-state index in [0.717, 1.165) is 30.7 Å². The molecule has 0 aliphatic rings. The van der Waals surface area contributed by atoms with Crippen molar-refractivity contribution in [1.29, 1.82) is 0 Å². The van der Waals surface area contributed by atoms with Crippen LogP contribution in [0.2, 0.25) is 0 Å². The third-order valence-electron chi connectivity index (χ3n) is 3.17. The van der Waals surface area contributed by atoms with Crippen molar-refractivity contribution >= 4 is 5.71 Å². The number of hydrogen-bond acceptors (Lipinski definition) is 3. The number of aryl methyl sites for hydroxylation is 1. The van der Waals surface area contributed by atoms with Crippen molar-refractivity contribution in [3.05, 3.63) is 52.2 Å². The lowest BCUT2D eigenvalue weighted by Crippen LogP contribution is -2.19. The molecule has 0 fully saturated rings. The summed E-state index contributed by atoms with van der Waals surface area (Å²) < 4.78 is 1.47. The zero-order valence-corrected chi connectivity index (χ0v) is 12.0. The Bertz CT molecular complexity index is 625. The van der Waals surface area contributed by atoms with Crippen molar-refractivity contribution in [3.63, 3.8) is 0 Å². The summed E-state index contributed by atoms with van der Waals surface area (Å²) in [6.07, 6.45) is 6.40. The SMILES string of the molecule is CCCCC(=NCc1ccccn1)c1c[nH]n(C)c1=O. The van der Waals surface area contributed by atoms with Crippen LogP contribution >= 0.6 is 0 Å². The maximum Gasteiger partial charge on any atom is 0.275 e. The first kappa shape index (κ1) is 14.2. The van der Waals surface area contributed by atoms with Gasteiger partial charge in [0.05, 0.1) is 17.8 Å². The van der Waals surface area contributed by atoms with Crippen LogP contribution in [0.4, 0.5) is 0 Å². The first-order valence-electron chi connectivity index (χ1n) is 6.90. The molecule has 1 N–H and O–H groups in total. The summed E-state index contributed by atoms with van der Waals surface area (Å²) in [6, 6.07) is 5.77. The molecular formula is C15H20N4O. The molecule has 5 nitrogen and oxygen atoms in total. The second-order valence-corrected chi connectivity index (χ2v) is 4.74. The molecule has 0 spiro atoms. The predicted molar refractivity (Wildman–Crippen MR) is 80.0 cm³/mol. The summed E-state index contributed by atoms with van der Waals surface area (Å²) in [5.74, 6) is 0. The number of nitrogens with zero attached hydrogens (tertiary/aromatic N) is 3. The van der Waals surface area contributed by atoms with Crippen molar-refractivity contribution in [2.75, 3.05) is 0 Å². The first-order chi connectivity index (χ1) is 9.72. The van der Waals surface area contributed by atoms with E-state index < -0.39 is 0 Å². The number of hydrogen-bond donors (Lipinski definition) is 1. The Morgan fingerprint density at radius 3 is 2.90 bits per heavy atom. The molecule has 0 saturated carbocycles. The highest BCUT2D eigenvalue weighted by atomic mass is 16.1. The van der Waals surface area contributed by atoms with Crippen molar-refractivity contribution in [2.45, 2.75) is 32.7 Å². The van der Waals surface area contributed by atoms with Gasteiger partial charge in [0.2, 0.25) is 0 Å². The van der Waals surface area contributed by atoms with Gasteiger partial charge in [-0.1, -0.05) is 19.4 Å². The fourth-order valence-corrected chi connectivity index (χ4v) is 1.98. The molecule has 0 aliphatic carbocycles. The molecule has 0 atom stereocenters. The lowest BCUT2D eigenvalue weighted by Gasteiger charge is -2.03. The third kappa shape index (κ3) is 3.44. The fraction of sp³-hybridized carbons (Fsp3) is 0.400. The zero-order chi connectivity index (χ0) is 14.4. The minimum atomic E-state index is -0.0270. The number of aliphatic imine (C=N–C) groups is 1. The highest BCUT2D eigenvalue weighted by Crippen LogP contribution is 2.06. The predicted octanol–water partition coefficient (Wildman–Crippen LogP) is 2.29. The largest absolute Gasteiger partial charge is 0.302 e. The Labute approximate surface area is 118 Å². The standard InChI is InChI=1S/C15H20N4O/c1-3-4-8-14(13-11-18-19(2)15(13)20)17-10-12-7-5-6-9-16-12/h5-7,9,11,18H,3-4,8,10H2,1-2H3. The molecule has 2 aromatic heterocycles. The molecule has 2 rings (SSSR count). The molecule has 0 unspecified atom stereocenters. The molecular weight excluding hydrogens is 252 g/mol. The Balaban J connectivity index is 2.23. The van der Waals surface area contributed by atoms with E-state index >= 15 is 0 Å². The van der Waals surface area contributed by atoms with E-state index in [9.17, 15) is 4.79 Å². The smallest absolute Gasteiger partial charge is 0.275 e. The molecule has 20 heavy (non-hydrogen) atoms. The normalized spacial score (nSPS) is 11.8. The number of aromatic amines is 1. The van der Waals surface area contributed by atoms with Crippen LogP contribution < -0.4 is 5.56 Å². The van der Waals surface area contributed by atoms with Gasteiger partial charge in [0, 0.05) is 25.2 Å². The van der Waals surface area contributed by atoms with Crippen LogP contribution in [0.15, 0.2) is 40.4 Å². The summed E-state index contributed by atoms with van der Waals surface area (Å²) in [7, 11) is 1.71. The Morgan fingerprint density at radius 1 is 1.45 bits per heavy atom. The highest BCUT2D eigenvalue weighted by molar-refractivity contribution is 6.00. The molecule has 0 aliphatic heterocycles. The van der Waals surface area contributed by atoms with Gasteiger partial charge in [0.15, 0.2) is 0 Å². The van der Waals surface area contributed by atoms with E-state index in [2.05, 4.69) is 22.0 Å². The van der Waals surface area contributed by atoms with E-state index in [0.29, 0.717) is 12.1 Å². The quantitative estimate of drug-likeness (QED) is 0.820. The molecule has 0 radical (unpaired) electrons. The number of pyridine rings is 1. The minimum Gasteiger partial charge on any atom is -0.302 e. The highest BCUT2D eigenvalue weighted by Gasteiger charge is 2.10. The van der Waals surface area contributed by atoms with Gasteiger partial charge < -0.3 is 5.10 Å². The van der Waals surface area contributed by atoms with Crippen LogP contribution in [0, 0.1) is 0 Å². The van der Waals surface area contributed by atoms with Crippen LogP contribution in [-0.2, 0) is 13.6 Å². The van der Waals surface area contributed by atoms with E-state index in [-0.39, 0.29) is 5.56 Å². The Morgan fingerprint density at radius 2 is 2.30 bits per heavy atom. The summed E-state index contributed by atoms with van der Waals surface area (Å²) in [5.41, 5.74) is 2.41. The van der Waals surface area contributed by atoms with Gasteiger partial charge >= 0.3 is 0 Å². The van der Waals surface area contributed by atoms with Gasteiger partial charge in [-0.3, -0.25) is 19.5 Å². The molecule has 106 valence electrons. The van der Waals surface area contributed by atoms with Gasteiger partial charge in [0.1, 0.15) is 0 Å². The molecule has 0 aromatic carbocycles. The number of rotatable bonds is 6. The number of nitrogens with one attached hydrogen (secondary N) is 1. The first-order valence-corrected chi connectivity index (χ1v) is 6.90. The monoisotopic (exact) mass is 272 g/mol. The van der Waals surface area contributed by atoms with E-state index in [1.165, 1.54) is 4.68 Å². The second kappa shape index (κ2) is 6.84. The number of aromatic nitrogens is 3. The van der Waals surface area contributed by atoms with Crippen molar-refractivity contribution in [1.82, 2.24) is 14.8 Å². The average molecular weight is 272 g/mol. The topological polar surface area (TPSA) is 63.0 Å². The maximum atomic E-state index is 12.0. The van der Waals surface area contributed by atoms with Crippen LogP contribution in [0.1, 0.15) is 37.4 Å². The lowest BCUT2D eigenvalue weighted by molar-refractivity contribution is 0.739. The zero-order valence-electron chi connectivity index (χ0n) is 12.0. The van der Waals surface area contributed by atoms with E-state index in [1.807, 2.05) is 18.2 Å². The van der Waals surface area contributed by atoms with Gasteiger partial charge in [-0.05, 0) is 25.0 Å². The average Bonchev–Trinajstić information content (AvgIpc) is 2.81. The summed E-state index contributed by atoms with van der Waals surface area (Å²) in [5, 5.41) is 2.90. The van der Waals surface area contributed by atoms with Gasteiger partial charge in [-0.25, -0.2) is 0 Å². The van der Waals surface area contributed by atoms with Gasteiger partial charge in [-0.15, -0.1) is 0 Å². The molecule has 2 heterocycles. The second-order valence-electron chi connectivity index (χ2n) is 4.74. The van der Waals surface area contributed by atoms with Gasteiger partial charge in [-0.2, -0.15) is 0 Å². The molecule has 0 bridgehead atoms. The maximum absolute atomic E-state index is 12.0.